The van der Waals surface area contributed by atoms with Gasteiger partial charge in [-0.15, -0.1) is 0 Å². The summed E-state index contributed by atoms with van der Waals surface area (Å²) in [6, 6.07) is 15.2. The van der Waals surface area contributed by atoms with Crippen LogP contribution in [0.3, 0.4) is 0 Å². The number of allylic oxidation sites excluding steroid dienone is 4. The van der Waals surface area contributed by atoms with Crippen molar-refractivity contribution in [2.24, 2.45) is 0 Å². The monoisotopic (exact) mass is 680 g/mol. The zero-order valence-electron chi connectivity index (χ0n) is 23.7. The van der Waals surface area contributed by atoms with E-state index in [2.05, 4.69) is 9.97 Å². The minimum atomic E-state index is -5.98. The molecule has 0 unspecified atom stereocenters. The molecule has 0 N–H and O–H groups in total. The predicted octanol–water partition coefficient (Wildman–Crippen LogP) is 10.4. The fraction of sp³-hybridized carbons (Fsp3) is 0.176. The first-order valence-electron chi connectivity index (χ1n) is 13.9. The molecule has 0 spiro atoms. The summed E-state index contributed by atoms with van der Waals surface area (Å²) in [5.74, 6) is -34.0. The van der Waals surface area contributed by atoms with Crippen molar-refractivity contribution in [1.29, 1.82) is 0 Å². The zero-order valence-corrected chi connectivity index (χ0v) is 23.7. The molecule has 0 radical (unpaired) electrons. The Bertz CT molecular complexity index is 2050. The molecule has 0 aliphatic heterocycles. The van der Waals surface area contributed by atoms with Crippen molar-refractivity contribution < 1.29 is 52.7 Å². The molecule has 2 aliphatic rings. The molecule has 7 rings (SSSR count). The minimum absolute atomic E-state index is 0.138. The number of benzene rings is 3. The summed E-state index contributed by atoms with van der Waals surface area (Å²) >= 11 is 0. The fourth-order valence-electron chi connectivity index (χ4n) is 6.17. The topological polar surface area (TPSA) is 25.8 Å². The predicted molar refractivity (Wildman–Crippen MR) is 153 cm³/mol. The maximum absolute atomic E-state index is 15.3. The molecule has 0 saturated carbocycles. The van der Waals surface area contributed by atoms with E-state index in [9.17, 15) is 17.6 Å². The number of fused-ring (bicyclic) bond motifs is 2. The number of nitrogens with zero attached hydrogens (tertiary/aromatic N) is 2. The third kappa shape index (κ3) is 3.97. The lowest BCUT2D eigenvalue weighted by molar-refractivity contribution is -0.254. The van der Waals surface area contributed by atoms with Crippen LogP contribution in [0.25, 0.3) is 44.1 Å². The largest absolute Gasteiger partial charge is 0.380 e. The maximum Gasteiger partial charge on any atom is 0.380 e. The summed E-state index contributed by atoms with van der Waals surface area (Å²) in [6.07, 6.45) is 1.38. The summed E-state index contributed by atoms with van der Waals surface area (Å²) in [6.45, 7) is 0. The Balaban J connectivity index is 1.45. The Labute approximate surface area is 262 Å². The normalized spacial score (nSPS) is 21.8. The molecule has 246 valence electrons. The highest BCUT2D eigenvalue weighted by molar-refractivity contribution is 6.04. The third-order valence-electron chi connectivity index (χ3n) is 8.55. The van der Waals surface area contributed by atoms with Gasteiger partial charge >= 0.3 is 35.5 Å². The first kappa shape index (κ1) is 31.7. The van der Waals surface area contributed by atoms with Crippen LogP contribution in [0.15, 0.2) is 97.3 Å². The fourth-order valence-corrected chi connectivity index (χ4v) is 6.17. The molecular formula is C34H16F12N2. The third-order valence-corrected chi connectivity index (χ3v) is 8.55. The highest BCUT2D eigenvalue weighted by Crippen LogP contribution is 2.66. The molecule has 0 fully saturated rings. The summed E-state index contributed by atoms with van der Waals surface area (Å²) in [4.78, 5) is 7.77. The van der Waals surface area contributed by atoms with Crippen LogP contribution in [-0.4, -0.2) is 45.5 Å². The molecule has 48 heavy (non-hydrogen) atoms. The molecule has 14 heteroatoms. The molecule has 2 aliphatic carbocycles. The number of hydrogen-bond acceptors (Lipinski definition) is 2. The van der Waals surface area contributed by atoms with Gasteiger partial charge in [0.25, 0.3) is 0 Å². The van der Waals surface area contributed by atoms with Gasteiger partial charge in [0.15, 0.2) is 0 Å². The lowest BCUT2D eigenvalue weighted by atomic mass is 9.91. The number of rotatable bonds is 4. The number of pyridine rings is 2. The van der Waals surface area contributed by atoms with Gasteiger partial charge in [-0.1, -0.05) is 60.7 Å². The van der Waals surface area contributed by atoms with E-state index in [1.54, 1.807) is 0 Å². The molecular weight excluding hydrogens is 664 g/mol. The Morgan fingerprint density at radius 1 is 0.354 bits per heavy atom. The van der Waals surface area contributed by atoms with E-state index in [1.807, 2.05) is 0 Å². The van der Waals surface area contributed by atoms with Crippen LogP contribution in [0.4, 0.5) is 52.7 Å². The second kappa shape index (κ2) is 9.83. The Morgan fingerprint density at radius 3 is 0.979 bits per heavy atom. The van der Waals surface area contributed by atoms with E-state index in [4.69, 9.17) is 0 Å². The smallest absolute Gasteiger partial charge is 0.256 e. The van der Waals surface area contributed by atoms with Crippen molar-refractivity contribution in [2.45, 2.75) is 35.5 Å². The SMILES string of the molecule is FC1(F)C(c2ccc(C3=C(c4cnc5ccccc5c4)C(F)(F)C(F)(F)C3(F)F)cc2)=C(c2cnc3ccccc3c2)C(F)(F)C1(F)F. The first-order valence-corrected chi connectivity index (χ1v) is 13.9. The average Bonchev–Trinajstić information content (AvgIpc) is 3.23. The average molecular weight is 680 g/mol. The van der Waals surface area contributed by atoms with Gasteiger partial charge in [-0.05, 0) is 35.4 Å². The van der Waals surface area contributed by atoms with Crippen molar-refractivity contribution in [3.63, 3.8) is 0 Å². The van der Waals surface area contributed by atoms with Crippen LogP contribution < -0.4 is 0 Å². The van der Waals surface area contributed by atoms with E-state index in [0.717, 1.165) is 12.1 Å². The highest BCUT2D eigenvalue weighted by Gasteiger charge is 2.81. The number of para-hydroxylation sites is 2. The molecule has 0 bridgehead atoms. The van der Waals surface area contributed by atoms with Gasteiger partial charge in [0.2, 0.25) is 0 Å². The molecule has 3 aromatic carbocycles. The first-order chi connectivity index (χ1) is 22.4. The number of aromatic nitrogens is 2. The van der Waals surface area contributed by atoms with Gasteiger partial charge < -0.3 is 0 Å². The van der Waals surface area contributed by atoms with Crippen LogP contribution in [0.5, 0.6) is 0 Å². The number of alkyl halides is 12. The molecule has 2 heterocycles. The Hall–Kier alpha value is -4.88. The zero-order chi connectivity index (χ0) is 34.7. The Morgan fingerprint density at radius 2 is 0.646 bits per heavy atom. The van der Waals surface area contributed by atoms with Crippen LogP contribution >= 0.6 is 0 Å². The van der Waals surface area contributed by atoms with E-state index < -0.39 is 80.1 Å². The van der Waals surface area contributed by atoms with Crippen LogP contribution in [-0.2, 0) is 0 Å². The van der Waals surface area contributed by atoms with E-state index in [-0.39, 0.29) is 21.8 Å². The second-order valence-corrected chi connectivity index (χ2v) is 11.4. The Kier molecular flexibility index (Phi) is 6.49. The minimum Gasteiger partial charge on any atom is -0.256 e. The summed E-state index contributed by atoms with van der Waals surface area (Å²) in [5.41, 5.74) is -10.6. The van der Waals surface area contributed by atoms with E-state index >= 15 is 35.1 Å². The number of halogens is 12. The highest BCUT2D eigenvalue weighted by atomic mass is 19.4. The molecule has 0 saturated heterocycles. The molecule has 2 nitrogen and oxygen atoms in total. The summed E-state index contributed by atoms with van der Waals surface area (Å²) in [5, 5.41) is 0.277. The van der Waals surface area contributed by atoms with E-state index in [1.165, 1.54) is 48.5 Å². The molecule has 0 amide bonds. The lowest BCUT2D eigenvalue weighted by Crippen LogP contribution is -2.49. The van der Waals surface area contributed by atoms with Gasteiger partial charge in [-0.3, -0.25) is 9.97 Å². The van der Waals surface area contributed by atoms with Crippen molar-refractivity contribution >= 4 is 44.1 Å². The van der Waals surface area contributed by atoms with Gasteiger partial charge in [0, 0.05) is 56.6 Å². The van der Waals surface area contributed by atoms with Crippen LogP contribution in [0, 0.1) is 0 Å². The standard InChI is InChI=1S/C34H16F12N2/c35-29(36)25(27(31(39,40)33(29,43)44)21-13-19-5-1-3-7-23(19)47-15-21)17-9-11-18(12-10-17)26-28(32(41,42)34(45,46)30(26,37)38)22-14-20-6-2-4-8-24(20)48-16-22/h1-16H. The molecule has 5 aromatic rings. The van der Waals surface area contributed by atoms with Crippen molar-refractivity contribution in [3.8, 4) is 0 Å². The van der Waals surface area contributed by atoms with Gasteiger partial charge in [-0.2, -0.15) is 52.7 Å². The van der Waals surface area contributed by atoms with Crippen LogP contribution in [0.1, 0.15) is 22.3 Å². The maximum atomic E-state index is 15.3. The van der Waals surface area contributed by atoms with Crippen LogP contribution in [0.2, 0.25) is 0 Å². The number of hydrogen-bond donors (Lipinski definition) is 0. The summed E-state index contributed by atoms with van der Waals surface area (Å²) in [7, 11) is 0. The van der Waals surface area contributed by atoms with Gasteiger partial charge in [0.05, 0.1) is 11.0 Å². The summed E-state index contributed by atoms with van der Waals surface area (Å²) < 4.78 is 181. The van der Waals surface area contributed by atoms with Gasteiger partial charge in [0.1, 0.15) is 0 Å². The van der Waals surface area contributed by atoms with Crippen molar-refractivity contribution in [3.05, 3.63) is 120 Å². The molecule has 0 atom stereocenters. The van der Waals surface area contributed by atoms with Crippen molar-refractivity contribution in [1.82, 2.24) is 9.97 Å². The second-order valence-electron chi connectivity index (χ2n) is 11.4. The lowest BCUT2D eigenvalue weighted by Gasteiger charge is -2.26. The van der Waals surface area contributed by atoms with E-state index in [0.29, 0.717) is 36.7 Å². The van der Waals surface area contributed by atoms with Gasteiger partial charge in [-0.25, -0.2) is 0 Å². The quantitative estimate of drug-likeness (QED) is 0.177. The van der Waals surface area contributed by atoms with Crippen molar-refractivity contribution in [2.75, 3.05) is 0 Å². The molecule has 2 aromatic heterocycles.